The van der Waals surface area contributed by atoms with Crippen molar-refractivity contribution in [1.29, 1.82) is 0 Å². The Kier molecular flexibility index (Phi) is 8.33. The van der Waals surface area contributed by atoms with Gasteiger partial charge in [-0.2, -0.15) is 13.2 Å². The number of ether oxygens (including phenoxy) is 1. The maximum atomic E-state index is 13.5. The summed E-state index contributed by atoms with van der Waals surface area (Å²) >= 11 is 1.22. The van der Waals surface area contributed by atoms with Crippen LogP contribution in [-0.2, 0) is 20.5 Å². The summed E-state index contributed by atoms with van der Waals surface area (Å²) in [4.78, 5) is 24.3. The van der Waals surface area contributed by atoms with Crippen molar-refractivity contribution in [3.63, 3.8) is 0 Å². The topological polar surface area (TPSA) is 55.4 Å². The molecular formula is C21H20F3NO3S. The highest BCUT2D eigenvalue weighted by atomic mass is 32.2. The lowest BCUT2D eigenvalue weighted by atomic mass is 10.1. The maximum absolute atomic E-state index is 13.5. The van der Waals surface area contributed by atoms with E-state index in [-0.39, 0.29) is 25.1 Å². The van der Waals surface area contributed by atoms with Gasteiger partial charge in [0.15, 0.2) is 0 Å². The van der Waals surface area contributed by atoms with E-state index >= 15 is 0 Å². The number of nitrogens with one attached hydrogen (secondary N) is 1. The van der Waals surface area contributed by atoms with Gasteiger partial charge in [-0.3, -0.25) is 9.59 Å². The van der Waals surface area contributed by atoms with Crippen LogP contribution in [0.25, 0.3) is 6.08 Å². The molecule has 0 saturated carbocycles. The average Bonchev–Trinajstić information content (AvgIpc) is 2.67. The Labute approximate surface area is 171 Å². The number of halogens is 3. The number of benzene rings is 2. The molecule has 154 valence electrons. The lowest BCUT2D eigenvalue weighted by Gasteiger charge is -2.12. The summed E-state index contributed by atoms with van der Waals surface area (Å²) in [7, 11) is 0. The van der Waals surface area contributed by atoms with Crippen molar-refractivity contribution >= 4 is 29.7 Å². The fourth-order valence-electron chi connectivity index (χ4n) is 2.36. The number of hydrogen-bond donors (Lipinski definition) is 1. The SMILES string of the molecule is CCOC(=O)CCNC(=O)/C=C/c1ccc(Sc2ccccc2)cc1C(F)(F)F. The fourth-order valence-corrected chi connectivity index (χ4v) is 3.24. The largest absolute Gasteiger partial charge is 0.466 e. The van der Waals surface area contributed by atoms with Gasteiger partial charge in [-0.1, -0.05) is 36.0 Å². The van der Waals surface area contributed by atoms with Crippen LogP contribution in [0, 0.1) is 0 Å². The molecular weight excluding hydrogens is 403 g/mol. The third kappa shape index (κ3) is 7.65. The summed E-state index contributed by atoms with van der Waals surface area (Å²) in [5.41, 5.74) is -0.940. The molecule has 0 bridgehead atoms. The van der Waals surface area contributed by atoms with Gasteiger partial charge in [-0.25, -0.2) is 0 Å². The molecule has 1 amide bonds. The number of amides is 1. The van der Waals surface area contributed by atoms with Crippen LogP contribution in [0.1, 0.15) is 24.5 Å². The monoisotopic (exact) mass is 423 g/mol. The highest BCUT2D eigenvalue weighted by Gasteiger charge is 2.33. The summed E-state index contributed by atoms with van der Waals surface area (Å²) in [6.07, 6.45) is -2.45. The minimum Gasteiger partial charge on any atom is -0.466 e. The minimum atomic E-state index is -4.56. The highest BCUT2D eigenvalue weighted by molar-refractivity contribution is 7.99. The van der Waals surface area contributed by atoms with Crippen LogP contribution in [-0.4, -0.2) is 25.0 Å². The molecule has 0 heterocycles. The van der Waals surface area contributed by atoms with Gasteiger partial charge in [0.1, 0.15) is 0 Å². The summed E-state index contributed by atoms with van der Waals surface area (Å²) in [6, 6.07) is 13.0. The summed E-state index contributed by atoms with van der Waals surface area (Å²) in [5, 5.41) is 2.43. The molecule has 2 aromatic rings. The molecule has 8 heteroatoms. The van der Waals surface area contributed by atoms with E-state index in [1.54, 1.807) is 13.0 Å². The van der Waals surface area contributed by atoms with Gasteiger partial charge in [0, 0.05) is 22.4 Å². The lowest BCUT2D eigenvalue weighted by molar-refractivity contribution is -0.143. The van der Waals surface area contributed by atoms with Crippen LogP contribution >= 0.6 is 11.8 Å². The van der Waals surface area contributed by atoms with Crippen molar-refractivity contribution < 1.29 is 27.5 Å². The first kappa shape index (κ1) is 22.5. The molecule has 2 rings (SSSR count). The van der Waals surface area contributed by atoms with Crippen molar-refractivity contribution in [1.82, 2.24) is 5.32 Å². The van der Waals surface area contributed by atoms with E-state index in [0.29, 0.717) is 4.90 Å². The summed E-state index contributed by atoms with van der Waals surface area (Å²) in [5.74, 6) is -1.05. The van der Waals surface area contributed by atoms with Crippen LogP contribution < -0.4 is 5.32 Å². The molecule has 4 nitrogen and oxygen atoms in total. The second kappa shape index (κ2) is 10.7. The Morgan fingerprint density at radius 2 is 1.83 bits per heavy atom. The summed E-state index contributed by atoms with van der Waals surface area (Å²) < 4.78 is 45.1. The zero-order valence-electron chi connectivity index (χ0n) is 15.7. The predicted molar refractivity (Wildman–Crippen MR) is 105 cm³/mol. The Morgan fingerprint density at radius 3 is 2.48 bits per heavy atom. The van der Waals surface area contributed by atoms with E-state index in [4.69, 9.17) is 4.74 Å². The predicted octanol–water partition coefficient (Wildman–Crippen LogP) is 4.94. The molecule has 0 aromatic heterocycles. The zero-order chi connectivity index (χ0) is 21.3. The van der Waals surface area contributed by atoms with Crippen LogP contribution in [0.5, 0.6) is 0 Å². The molecule has 0 radical (unpaired) electrons. The number of esters is 1. The molecule has 0 unspecified atom stereocenters. The van der Waals surface area contributed by atoms with E-state index in [0.717, 1.165) is 23.1 Å². The third-order valence-corrected chi connectivity index (χ3v) is 4.65. The first-order valence-electron chi connectivity index (χ1n) is 8.85. The molecule has 29 heavy (non-hydrogen) atoms. The average molecular weight is 423 g/mol. The van der Waals surface area contributed by atoms with Crippen molar-refractivity contribution in [3.8, 4) is 0 Å². The van der Waals surface area contributed by atoms with Gasteiger partial charge in [-0.15, -0.1) is 0 Å². The van der Waals surface area contributed by atoms with E-state index in [2.05, 4.69) is 5.32 Å². The van der Waals surface area contributed by atoms with Crippen LogP contribution in [0.15, 0.2) is 64.4 Å². The maximum Gasteiger partial charge on any atom is 0.417 e. The first-order valence-corrected chi connectivity index (χ1v) is 9.67. The molecule has 0 fully saturated rings. The van der Waals surface area contributed by atoms with E-state index in [1.807, 2.05) is 30.3 Å². The Balaban J connectivity index is 2.08. The number of carbonyl (C=O) groups excluding carboxylic acids is 2. The van der Waals surface area contributed by atoms with Crippen molar-refractivity contribution in [2.45, 2.75) is 29.3 Å². The number of rotatable bonds is 8. The van der Waals surface area contributed by atoms with Gasteiger partial charge >= 0.3 is 12.1 Å². The molecule has 1 N–H and O–H groups in total. The second-order valence-corrected chi connectivity index (χ2v) is 6.99. The van der Waals surface area contributed by atoms with Crippen molar-refractivity contribution in [3.05, 3.63) is 65.7 Å². The normalized spacial score (nSPS) is 11.4. The molecule has 0 spiro atoms. The lowest BCUT2D eigenvalue weighted by Crippen LogP contribution is -2.24. The molecule has 0 aliphatic carbocycles. The van der Waals surface area contributed by atoms with Crippen LogP contribution in [0.3, 0.4) is 0 Å². The molecule has 0 atom stereocenters. The van der Waals surface area contributed by atoms with Gasteiger partial charge in [0.05, 0.1) is 18.6 Å². The standard InChI is InChI=1S/C21H20F3NO3S/c1-2-28-20(27)12-13-25-19(26)11-9-15-8-10-17(14-18(15)21(22,23)24)29-16-6-4-3-5-7-16/h3-11,14H,2,12-13H2,1H3,(H,25,26)/b11-9+. The van der Waals surface area contributed by atoms with Crippen LogP contribution in [0.2, 0.25) is 0 Å². The molecule has 0 saturated heterocycles. The zero-order valence-corrected chi connectivity index (χ0v) is 16.5. The summed E-state index contributed by atoms with van der Waals surface area (Å²) in [6.45, 7) is 1.95. The number of hydrogen-bond acceptors (Lipinski definition) is 4. The van der Waals surface area contributed by atoms with Crippen LogP contribution in [0.4, 0.5) is 13.2 Å². The first-order chi connectivity index (χ1) is 13.8. The van der Waals surface area contributed by atoms with Crippen molar-refractivity contribution in [2.75, 3.05) is 13.2 Å². The molecule has 0 aliphatic heterocycles. The number of carbonyl (C=O) groups is 2. The Morgan fingerprint density at radius 1 is 1.10 bits per heavy atom. The van der Waals surface area contributed by atoms with Gasteiger partial charge in [0.2, 0.25) is 5.91 Å². The fraction of sp³-hybridized carbons (Fsp3) is 0.238. The van der Waals surface area contributed by atoms with Gasteiger partial charge in [-0.05, 0) is 42.8 Å². The molecule has 0 aliphatic rings. The minimum absolute atomic E-state index is 0.00731. The molecule has 2 aromatic carbocycles. The third-order valence-electron chi connectivity index (χ3n) is 3.66. The second-order valence-electron chi connectivity index (χ2n) is 5.84. The Hall–Kier alpha value is -2.74. The highest BCUT2D eigenvalue weighted by Crippen LogP contribution is 2.37. The Bertz CT molecular complexity index is 867. The van der Waals surface area contributed by atoms with Crippen molar-refractivity contribution in [2.24, 2.45) is 0 Å². The number of alkyl halides is 3. The quantitative estimate of drug-likeness (QED) is 0.483. The van der Waals surface area contributed by atoms with Gasteiger partial charge < -0.3 is 10.1 Å². The van der Waals surface area contributed by atoms with E-state index in [1.165, 1.54) is 17.8 Å². The van der Waals surface area contributed by atoms with Gasteiger partial charge in [0.25, 0.3) is 0 Å². The van der Waals surface area contributed by atoms with E-state index < -0.39 is 23.6 Å². The van der Waals surface area contributed by atoms with E-state index in [9.17, 15) is 22.8 Å². The smallest absolute Gasteiger partial charge is 0.417 e.